The van der Waals surface area contributed by atoms with Gasteiger partial charge in [-0.2, -0.15) is 0 Å². The molecule has 0 aromatic rings. The molecule has 2 atom stereocenters. The predicted octanol–water partition coefficient (Wildman–Crippen LogP) is 0.825. The van der Waals surface area contributed by atoms with E-state index in [9.17, 15) is 0 Å². The van der Waals surface area contributed by atoms with Crippen LogP contribution in [0.25, 0.3) is 0 Å². The Hall–Kier alpha value is -0.120. The molecule has 0 unspecified atom stereocenters. The summed E-state index contributed by atoms with van der Waals surface area (Å²) in [6, 6.07) is 0. The Morgan fingerprint density at radius 3 is 2.45 bits per heavy atom. The quantitative estimate of drug-likeness (QED) is 0.612. The number of hydrogen-bond acceptors (Lipinski definition) is 3. The van der Waals surface area contributed by atoms with Crippen molar-refractivity contribution in [1.82, 2.24) is 0 Å². The van der Waals surface area contributed by atoms with Gasteiger partial charge >= 0.3 is 0 Å². The van der Waals surface area contributed by atoms with E-state index in [1.165, 1.54) is 0 Å². The topological polar surface area (TPSA) is 27.7 Å². The second kappa shape index (κ2) is 4.04. The van der Waals surface area contributed by atoms with E-state index in [0.717, 1.165) is 0 Å². The smallest absolute Gasteiger partial charge is 0.109 e. The molecule has 0 bridgehead atoms. The van der Waals surface area contributed by atoms with Crippen LogP contribution in [0, 0.1) is 0 Å². The van der Waals surface area contributed by atoms with Crippen molar-refractivity contribution in [1.29, 1.82) is 0 Å². The molecule has 0 aliphatic carbocycles. The molecule has 0 saturated carbocycles. The molecule has 0 aromatic carbocycles. The lowest BCUT2D eigenvalue weighted by Gasteiger charge is -2.18. The van der Waals surface area contributed by atoms with Crippen molar-refractivity contribution in [2.75, 3.05) is 20.3 Å². The van der Waals surface area contributed by atoms with Gasteiger partial charge in [0.1, 0.15) is 12.2 Å². The van der Waals surface area contributed by atoms with Crippen molar-refractivity contribution >= 4 is 0 Å². The molecule has 1 rings (SSSR count). The molecule has 0 N–H and O–H groups in total. The Bertz CT molecular complexity index is 114. The molecule has 0 aromatic heterocycles. The van der Waals surface area contributed by atoms with E-state index in [1.807, 2.05) is 13.8 Å². The minimum atomic E-state index is 0.123. The second-order valence-corrected chi connectivity index (χ2v) is 3.03. The first-order chi connectivity index (χ1) is 5.24. The average Bonchev–Trinajstić information content (AvgIpc) is 2.34. The summed E-state index contributed by atoms with van der Waals surface area (Å²) >= 11 is 0. The molecule has 66 valence electrons. The van der Waals surface area contributed by atoms with Crippen LogP contribution in [0.3, 0.4) is 0 Å². The molecule has 0 amide bonds. The van der Waals surface area contributed by atoms with Crippen LogP contribution in [0.1, 0.15) is 13.8 Å². The van der Waals surface area contributed by atoms with E-state index in [-0.39, 0.29) is 18.3 Å². The van der Waals surface area contributed by atoms with Gasteiger partial charge in [-0.3, -0.25) is 0 Å². The van der Waals surface area contributed by atoms with Gasteiger partial charge in [-0.25, -0.2) is 0 Å². The molecule has 1 heterocycles. The molecule has 0 radical (unpaired) electrons. The zero-order valence-electron chi connectivity index (χ0n) is 7.37. The molecule has 1 aliphatic heterocycles. The van der Waals surface area contributed by atoms with Crippen LogP contribution in [0.15, 0.2) is 0 Å². The van der Waals surface area contributed by atoms with E-state index < -0.39 is 0 Å². The number of methoxy groups -OCH3 is 1. The first-order valence-electron chi connectivity index (χ1n) is 4.00. The van der Waals surface area contributed by atoms with Gasteiger partial charge in [-0.1, -0.05) is 0 Å². The summed E-state index contributed by atoms with van der Waals surface area (Å²) in [5.74, 6) is 0. The van der Waals surface area contributed by atoms with Gasteiger partial charge < -0.3 is 14.2 Å². The lowest BCUT2D eigenvalue weighted by molar-refractivity contribution is -0.0547. The van der Waals surface area contributed by atoms with Crippen molar-refractivity contribution in [3.05, 3.63) is 0 Å². The molecule has 3 heteroatoms. The Labute approximate surface area is 67.6 Å². The number of ether oxygens (including phenoxy) is 3. The van der Waals surface area contributed by atoms with Gasteiger partial charge in [-0.15, -0.1) is 0 Å². The molecule has 1 fully saturated rings. The average molecular weight is 160 g/mol. The van der Waals surface area contributed by atoms with Crippen molar-refractivity contribution < 1.29 is 14.2 Å². The van der Waals surface area contributed by atoms with E-state index >= 15 is 0 Å². The van der Waals surface area contributed by atoms with Crippen LogP contribution < -0.4 is 0 Å². The fourth-order valence-electron chi connectivity index (χ4n) is 1.21. The van der Waals surface area contributed by atoms with E-state index in [1.54, 1.807) is 7.11 Å². The summed E-state index contributed by atoms with van der Waals surface area (Å²) in [5.41, 5.74) is 0. The SMILES string of the molecule is CO[C@@H]1COC[C@H]1OC(C)C. The molecule has 1 saturated heterocycles. The minimum absolute atomic E-state index is 0.123. The van der Waals surface area contributed by atoms with E-state index in [2.05, 4.69) is 0 Å². The Kier molecular flexibility index (Phi) is 3.30. The fraction of sp³-hybridized carbons (Fsp3) is 1.00. The Balaban J connectivity index is 2.31. The third kappa shape index (κ3) is 2.43. The minimum Gasteiger partial charge on any atom is -0.376 e. The van der Waals surface area contributed by atoms with Crippen molar-refractivity contribution in [2.45, 2.75) is 32.2 Å². The summed E-state index contributed by atoms with van der Waals surface area (Å²) in [6.45, 7) is 5.36. The van der Waals surface area contributed by atoms with Gasteiger partial charge in [0.25, 0.3) is 0 Å². The highest BCUT2D eigenvalue weighted by molar-refractivity contribution is 4.76. The highest BCUT2D eigenvalue weighted by Crippen LogP contribution is 2.13. The van der Waals surface area contributed by atoms with Crippen LogP contribution in [-0.4, -0.2) is 38.6 Å². The van der Waals surface area contributed by atoms with Crippen molar-refractivity contribution in [3.63, 3.8) is 0 Å². The zero-order valence-corrected chi connectivity index (χ0v) is 7.37. The molecular formula is C8H16O3. The lowest BCUT2D eigenvalue weighted by atomic mass is 10.2. The van der Waals surface area contributed by atoms with Crippen LogP contribution in [-0.2, 0) is 14.2 Å². The first kappa shape index (κ1) is 8.97. The first-order valence-corrected chi connectivity index (χ1v) is 4.00. The van der Waals surface area contributed by atoms with Crippen LogP contribution in [0.5, 0.6) is 0 Å². The Morgan fingerprint density at radius 2 is 1.91 bits per heavy atom. The highest BCUT2D eigenvalue weighted by Gasteiger charge is 2.29. The summed E-state index contributed by atoms with van der Waals surface area (Å²) in [5, 5.41) is 0. The largest absolute Gasteiger partial charge is 0.376 e. The molecule has 1 aliphatic rings. The van der Waals surface area contributed by atoms with Gasteiger partial charge in [0.05, 0.1) is 19.3 Å². The number of hydrogen-bond donors (Lipinski definition) is 0. The van der Waals surface area contributed by atoms with E-state index in [0.29, 0.717) is 13.2 Å². The number of rotatable bonds is 3. The summed E-state index contributed by atoms with van der Waals surface area (Å²) in [4.78, 5) is 0. The van der Waals surface area contributed by atoms with Crippen LogP contribution >= 0.6 is 0 Å². The highest BCUT2D eigenvalue weighted by atomic mass is 16.6. The Morgan fingerprint density at radius 1 is 1.27 bits per heavy atom. The molecule has 3 nitrogen and oxygen atoms in total. The summed E-state index contributed by atoms with van der Waals surface area (Å²) in [7, 11) is 1.69. The maximum Gasteiger partial charge on any atom is 0.109 e. The van der Waals surface area contributed by atoms with Crippen LogP contribution in [0.2, 0.25) is 0 Å². The van der Waals surface area contributed by atoms with Gasteiger partial charge in [0, 0.05) is 7.11 Å². The summed E-state index contributed by atoms with van der Waals surface area (Å²) < 4.78 is 16.0. The fourth-order valence-corrected chi connectivity index (χ4v) is 1.21. The maximum absolute atomic E-state index is 5.56. The van der Waals surface area contributed by atoms with Crippen molar-refractivity contribution in [2.24, 2.45) is 0 Å². The van der Waals surface area contributed by atoms with Gasteiger partial charge in [0.2, 0.25) is 0 Å². The third-order valence-corrected chi connectivity index (χ3v) is 1.73. The summed E-state index contributed by atoms with van der Waals surface area (Å²) in [6.07, 6.45) is 0.497. The maximum atomic E-state index is 5.56. The molecule has 0 spiro atoms. The molecule has 11 heavy (non-hydrogen) atoms. The van der Waals surface area contributed by atoms with Gasteiger partial charge in [0.15, 0.2) is 0 Å². The lowest BCUT2D eigenvalue weighted by Crippen LogP contribution is -2.31. The molecular weight excluding hydrogens is 144 g/mol. The standard InChI is InChI=1S/C8H16O3/c1-6(2)11-8-5-10-4-7(8)9-3/h6-8H,4-5H2,1-3H3/t7-,8-/m1/s1. The third-order valence-electron chi connectivity index (χ3n) is 1.73. The van der Waals surface area contributed by atoms with Crippen molar-refractivity contribution in [3.8, 4) is 0 Å². The van der Waals surface area contributed by atoms with Gasteiger partial charge in [-0.05, 0) is 13.8 Å². The normalized spacial score (nSPS) is 31.6. The van der Waals surface area contributed by atoms with Crippen LogP contribution in [0.4, 0.5) is 0 Å². The second-order valence-electron chi connectivity index (χ2n) is 3.03. The predicted molar refractivity (Wildman–Crippen MR) is 41.6 cm³/mol. The van der Waals surface area contributed by atoms with E-state index in [4.69, 9.17) is 14.2 Å². The monoisotopic (exact) mass is 160 g/mol. The zero-order chi connectivity index (χ0) is 8.27.